The third-order valence-corrected chi connectivity index (χ3v) is 5.15. The molecule has 0 bridgehead atoms. The molecule has 19 heavy (non-hydrogen) atoms. The molecule has 1 unspecified atom stereocenters. The molecule has 108 valence electrons. The topological polar surface area (TPSA) is 44.3 Å². The molecular formula is C14H22BrNO2S. The SMILES string of the molecule is COc1cc(Br)ccc1[C@H](C)NC[S+]([O-])C(C)(C)C. The number of ether oxygens (including phenoxy) is 1. The van der Waals surface area contributed by atoms with E-state index in [4.69, 9.17) is 4.74 Å². The summed E-state index contributed by atoms with van der Waals surface area (Å²) in [6, 6.07) is 6.03. The van der Waals surface area contributed by atoms with E-state index in [1.54, 1.807) is 7.11 Å². The molecule has 1 aromatic rings. The molecule has 0 fully saturated rings. The van der Waals surface area contributed by atoms with Crippen LogP contribution in [-0.4, -0.2) is 22.3 Å². The minimum atomic E-state index is -0.906. The van der Waals surface area contributed by atoms with Gasteiger partial charge in [-0.25, -0.2) is 0 Å². The molecule has 0 saturated carbocycles. The highest BCUT2D eigenvalue weighted by atomic mass is 79.9. The zero-order valence-electron chi connectivity index (χ0n) is 12.1. The van der Waals surface area contributed by atoms with Gasteiger partial charge in [-0.3, -0.25) is 5.32 Å². The summed E-state index contributed by atoms with van der Waals surface area (Å²) < 4.78 is 18.2. The second-order valence-corrected chi connectivity index (χ2v) is 8.53. The van der Waals surface area contributed by atoms with Crippen molar-refractivity contribution in [2.45, 2.75) is 38.5 Å². The predicted molar refractivity (Wildman–Crippen MR) is 85.0 cm³/mol. The van der Waals surface area contributed by atoms with E-state index in [1.807, 2.05) is 45.9 Å². The summed E-state index contributed by atoms with van der Waals surface area (Å²) in [5, 5.41) is 3.30. The second-order valence-electron chi connectivity index (χ2n) is 5.41. The molecule has 1 aromatic carbocycles. The average Bonchev–Trinajstić information content (AvgIpc) is 2.33. The lowest BCUT2D eigenvalue weighted by Crippen LogP contribution is -2.37. The average molecular weight is 348 g/mol. The van der Waals surface area contributed by atoms with Crippen molar-refractivity contribution in [3.8, 4) is 5.75 Å². The number of hydrogen-bond acceptors (Lipinski definition) is 3. The van der Waals surface area contributed by atoms with Gasteiger partial charge in [0.1, 0.15) is 10.5 Å². The third-order valence-electron chi connectivity index (χ3n) is 2.87. The normalized spacial score (nSPS) is 15.1. The molecule has 2 atom stereocenters. The van der Waals surface area contributed by atoms with Crippen molar-refractivity contribution >= 4 is 27.1 Å². The standard InChI is InChI=1S/C14H22BrNO2S/c1-10(16-9-19(17)14(2,3)4)12-7-6-11(15)8-13(12)18-5/h6-8,10,16H,9H2,1-5H3/t10-,19?/m0/s1. The van der Waals surface area contributed by atoms with Crippen LogP contribution in [0.15, 0.2) is 22.7 Å². The lowest BCUT2D eigenvalue weighted by molar-refractivity contribution is 0.402. The lowest BCUT2D eigenvalue weighted by Gasteiger charge is -2.26. The van der Waals surface area contributed by atoms with Gasteiger partial charge in [-0.2, -0.15) is 0 Å². The molecule has 0 aromatic heterocycles. The minimum absolute atomic E-state index is 0.0920. The van der Waals surface area contributed by atoms with E-state index in [-0.39, 0.29) is 10.8 Å². The first-order valence-corrected chi connectivity index (χ1v) is 8.32. The maximum absolute atomic E-state index is 12.0. The molecule has 0 aliphatic rings. The summed E-state index contributed by atoms with van der Waals surface area (Å²) >= 11 is 2.52. The van der Waals surface area contributed by atoms with Gasteiger partial charge in [0.15, 0.2) is 5.88 Å². The molecule has 3 nitrogen and oxygen atoms in total. The highest BCUT2D eigenvalue weighted by Gasteiger charge is 2.26. The predicted octanol–water partition coefficient (Wildman–Crippen LogP) is 3.61. The van der Waals surface area contributed by atoms with E-state index in [1.165, 1.54) is 0 Å². The Morgan fingerprint density at radius 2 is 2.05 bits per heavy atom. The summed E-state index contributed by atoms with van der Waals surface area (Å²) in [6.07, 6.45) is 0. The molecule has 0 aliphatic heterocycles. The fraction of sp³-hybridized carbons (Fsp3) is 0.571. The largest absolute Gasteiger partial charge is 0.615 e. The molecule has 0 amide bonds. The van der Waals surface area contributed by atoms with Crippen LogP contribution in [0.2, 0.25) is 0 Å². The van der Waals surface area contributed by atoms with Gasteiger partial charge in [-0.15, -0.1) is 0 Å². The van der Waals surface area contributed by atoms with Crippen LogP contribution in [-0.2, 0) is 11.2 Å². The van der Waals surface area contributed by atoms with Crippen molar-refractivity contribution in [3.05, 3.63) is 28.2 Å². The highest BCUT2D eigenvalue weighted by Crippen LogP contribution is 2.28. The minimum Gasteiger partial charge on any atom is -0.615 e. The van der Waals surface area contributed by atoms with Crippen LogP contribution in [0.1, 0.15) is 39.3 Å². The van der Waals surface area contributed by atoms with Crippen molar-refractivity contribution in [1.29, 1.82) is 0 Å². The zero-order chi connectivity index (χ0) is 14.6. The number of nitrogens with one attached hydrogen (secondary N) is 1. The van der Waals surface area contributed by atoms with Crippen LogP contribution in [0.25, 0.3) is 0 Å². The van der Waals surface area contributed by atoms with E-state index < -0.39 is 11.2 Å². The molecule has 5 heteroatoms. The van der Waals surface area contributed by atoms with Crippen LogP contribution in [0.4, 0.5) is 0 Å². The summed E-state index contributed by atoms with van der Waals surface area (Å²) in [6.45, 7) is 7.99. The second kappa shape index (κ2) is 6.97. The maximum atomic E-state index is 12.0. The Hall–Kier alpha value is -0.230. The quantitative estimate of drug-likeness (QED) is 0.827. The summed E-state index contributed by atoms with van der Waals surface area (Å²) in [4.78, 5) is 0. The van der Waals surface area contributed by atoms with Crippen molar-refractivity contribution in [2.24, 2.45) is 0 Å². The Balaban J connectivity index is 2.71. The van der Waals surface area contributed by atoms with E-state index in [9.17, 15) is 4.55 Å². The summed E-state index contributed by atoms with van der Waals surface area (Å²) in [7, 11) is 1.66. The van der Waals surface area contributed by atoms with E-state index >= 15 is 0 Å². The zero-order valence-corrected chi connectivity index (χ0v) is 14.5. The van der Waals surface area contributed by atoms with Crippen molar-refractivity contribution in [1.82, 2.24) is 5.32 Å². The highest BCUT2D eigenvalue weighted by molar-refractivity contribution is 9.10. The van der Waals surface area contributed by atoms with Crippen LogP contribution in [0.3, 0.4) is 0 Å². The van der Waals surface area contributed by atoms with Gasteiger partial charge in [-0.05, 0) is 51.0 Å². The molecule has 1 N–H and O–H groups in total. The third kappa shape index (κ3) is 4.99. The van der Waals surface area contributed by atoms with Crippen LogP contribution < -0.4 is 10.1 Å². The molecule has 0 spiro atoms. The van der Waals surface area contributed by atoms with Crippen LogP contribution in [0, 0.1) is 0 Å². The summed E-state index contributed by atoms with van der Waals surface area (Å²) in [5.74, 6) is 1.31. The Morgan fingerprint density at radius 3 is 2.58 bits per heavy atom. The van der Waals surface area contributed by atoms with Crippen molar-refractivity contribution in [3.63, 3.8) is 0 Å². The first-order valence-electron chi connectivity index (χ1n) is 6.21. The Morgan fingerprint density at radius 1 is 1.42 bits per heavy atom. The fourth-order valence-corrected chi connectivity index (χ4v) is 2.74. The van der Waals surface area contributed by atoms with E-state index in [0.717, 1.165) is 15.8 Å². The smallest absolute Gasteiger partial charge is 0.158 e. The molecule has 0 aliphatic carbocycles. The van der Waals surface area contributed by atoms with E-state index in [0.29, 0.717) is 5.88 Å². The first-order chi connectivity index (χ1) is 8.75. The number of methoxy groups -OCH3 is 1. The Kier molecular flexibility index (Phi) is 6.17. The molecule has 0 radical (unpaired) electrons. The van der Waals surface area contributed by atoms with Crippen molar-refractivity contribution in [2.75, 3.05) is 13.0 Å². The molecule has 1 rings (SSSR count). The van der Waals surface area contributed by atoms with Gasteiger partial charge < -0.3 is 9.29 Å². The fourth-order valence-electron chi connectivity index (χ4n) is 1.57. The van der Waals surface area contributed by atoms with Gasteiger partial charge in [0.05, 0.1) is 7.11 Å². The monoisotopic (exact) mass is 347 g/mol. The lowest BCUT2D eigenvalue weighted by atomic mass is 10.1. The summed E-state index contributed by atoms with van der Waals surface area (Å²) in [5.41, 5.74) is 1.07. The Bertz CT molecular complexity index is 420. The number of halogens is 1. The van der Waals surface area contributed by atoms with Gasteiger partial charge in [0.2, 0.25) is 0 Å². The number of hydrogen-bond donors (Lipinski definition) is 1. The van der Waals surface area contributed by atoms with Gasteiger partial charge in [-0.1, -0.05) is 22.0 Å². The molecular weight excluding hydrogens is 326 g/mol. The van der Waals surface area contributed by atoms with Gasteiger partial charge in [0.25, 0.3) is 0 Å². The Labute approximate surface area is 127 Å². The van der Waals surface area contributed by atoms with E-state index in [2.05, 4.69) is 21.2 Å². The van der Waals surface area contributed by atoms with Crippen LogP contribution in [0.5, 0.6) is 5.75 Å². The first kappa shape index (κ1) is 16.8. The van der Waals surface area contributed by atoms with Crippen molar-refractivity contribution < 1.29 is 9.29 Å². The molecule has 0 heterocycles. The van der Waals surface area contributed by atoms with Crippen LogP contribution >= 0.6 is 15.9 Å². The van der Waals surface area contributed by atoms with Gasteiger partial charge >= 0.3 is 0 Å². The van der Waals surface area contributed by atoms with Gasteiger partial charge in [0, 0.05) is 16.1 Å². The maximum Gasteiger partial charge on any atom is 0.158 e. The molecule has 0 saturated heterocycles. The number of rotatable bonds is 5. The number of benzene rings is 1.